The predicted octanol–water partition coefficient (Wildman–Crippen LogP) is 3.20. The zero-order chi connectivity index (χ0) is 15.9. The lowest BCUT2D eigenvalue weighted by atomic mass is 10.2. The van der Waals surface area contributed by atoms with Gasteiger partial charge in [0.25, 0.3) is 0 Å². The molecule has 1 atom stereocenters. The Morgan fingerprint density at radius 3 is 3.09 bits per heavy atom. The van der Waals surface area contributed by atoms with E-state index in [1.165, 1.54) is 0 Å². The second-order valence-corrected chi connectivity index (χ2v) is 5.54. The third-order valence-corrected chi connectivity index (χ3v) is 3.58. The summed E-state index contributed by atoms with van der Waals surface area (Å²) in [5.41, 5.74) is 1.75. The average Bonchev–Trinajstić information content (AvgIpc) is 3.01. The Morgan fingerprint density at radius 1 is 1.59 bits per heavy atom. The fourth-order valence-electron chi connectivity index (χ4n) is 2.30. The summed E-state index contributed by atoms with van der Waals surface area (Å²) >= 11 is 0. The van der Waals surface area contributed by atoms with Gasteiger partial charge in [0.05, 0.1) is 11.8 Å². The highest BCUT2D eigenvalue weighted by molar-refractivity contribution is 5.91. The number of anilines is 1. The largest absolute Gasteiger partial charge is 0.489 e. The molecular formula is C17H24N2O3. The van der Waals surface area contributed by atoms with Crippen LogP contribution in [0, 0.1) is 6.92 Å². The molecule has 0 aliphatic carbocycles. The number of urea groups is 1. The van der Waals surface area contributed by atoms with Gasteiger partial charge in [0.1, 0.15) is 12.4 Å². The molecule has 1 heterocycles. The number of benzene rings is 1. The molecular weight excluding hydrogens is 280 g/mol. The van der Waals surface area contributed by atoms with Crippen LogP contribution in [0.5, 0.6) is 5.75 Å². The summed E-state index contributed by atoms with van der Waals surface area (Å²) < 4.78 is 11.4. The van der Waals surface area contributed by atoms with Crippen LogP contribution in [0.3, 0.4) is 0 Å². The van der Waals surface area contributed by atoms with Crippen molar-refractivity contribution < 1.29 is 14.3 Å². The van der Waals surface area contributed by atoms with Gasteiger partial charge < -0.3 is 19.7 Å². The number of carbonyl (C=O) groups excluding carboxylic acids is 1. The standard InChI is InChI=1S/C17H24N2O3/c1-4-9-19(3)17(20)18-15-8-7-13(2)11-16(15)22-12-14-6-5-10-21-14/h4,7-8,11,14H,1,5-6,9-10,12H2,2-3H3,(H,18,20)/t14-/m0/s1. The number of rotatable bonds is 6. The molecule has 1 fully saturated rings. The smallest absolute Gasteiger partial charge is 0.321 e. The van der Waals surface area contributed by atoms with E-state index in [2.05, 4.69) is 11.9 Å². The molecule has 2 rings (SSSR count). The number of nitrogens with zero attached hydrogens (tertiary/aromatic N) is 1. The van der Waals surface area contributed by atoms with Crippen LogP contribution in [0.2, 0.25) is 0 Å². The van der Waals surface area contributed by atoms with Crippen molar-refractivity contribution in [2.24, 2.45) is 0 Å². The number of nitrogens with one attached hydrogen (secondary N) is 1. The first kappa shape index (κ1) is 16.4. The lowest BCUT2D eigenvalue weighted by molar-refractivity contribution is 0.0682. The molecule has 1 aliphatic heterocycles. The molecule has 22 heavy (non-hydrogen) atoms. The van der Waals surface area contributed by atoms with Crippen LogP contribution < -0.4 is 10.1 Å². The van der Waals surface area contributed by atoms with Gasteiger partial charge in [0.15, 0.2) is 0 Å². The minimum absolute atomic E-state index is 0.146. The Hall–Kier alpha value is -2.01. The van der Waals surface area contributed by atoms with Crippen molar-refractivity contribution in [2.45, 2.75) is 25.9 Å². The lowest BCUT2D eigenvalue weighted by Gasteiger charge is -2.19. The Kier molecular flexibility index (Phi) is 5.83. The Morgan fingerprint density at radius 2 is 2.41 bits per heavy atom. The van der Waals surface area contributed by atoms with E-state index in [4.69, 9.17) is 9.47 Å². The van der Waals surface area contributed by atoms with E-state index in [1.807, 2.05) is 25.1 Å². The molecule has 5 heteroatoms. The molecule has 0 saturated carbocycles. The van der Waals surface area contributed by atoms with E-state index in [-0.39, 0.29) is 12.1 Å². The van der Waals surface area contributed by atoms with E-state index >= 15 is 0 Å². The Balaban J connectivity index is 2.02. The van der Waals surface area contributed by atoms with Crippen molar-refractivity contribution in [2.75, 3.05) is 32.1 Å². The van der Waals surface area contributed by atoms with Gasteiger partial charge in [-0.25, -0.2) is 4.79 Å². The third kappa shape index (κ3) is 4.49. The summed E-state index contributed by atoms with van der Waals surface area (Å²) in [5.74, 6) is 0.677. The van der Waals surface area contributed by atoms with Gasteiger partial charge in [0, 0.05) is 20.2 Å². The fraction of sp³-hybridized carbons (Fsp3) is 0.471. The van der Waals surface area contributed by atoms with Crippen LogP contribution in [-0.2, 0) is 4.74 Å². The summed E-state index contributed by atoms with van der Waals surface area (Å²) in [5, 5.41) is 2.87. The van der Waals surface area contributed by atoms with Crippen molar-refractivity contribution in [1.29, 1.82) is 0 Å². The van der Waals surface area contributed by atoms with E-state index in [1.54, 1.807) is 18.0 Å². The zero-order valence-electron chi connectivity index (χ0n) is 13.3. The summed E-state index contributed by atoms with van der Waals surface area (Å²) in [4.78, 5) is 13.6. The number of aryl methyl sites for hydroxylation is 1. The first-order valence-electron chi connectivity index (χ1n) is 7.58. The van der Waals surface area contributed by atoms with Crippen LogP contribution in [0.15, 0.2) is 30.9 Å². The van der Waals surface area contributed by atoms with Gasteiger partial charge in [-0.3, -0.25) is 0 Å². The Bertz CT molecular complexity index is 525. The first-order valence-corrected chi connectivity index (χ1v) is 7.58. The molecule has 0 aromatic heterocycles. The molecule has 0 unspecified atom stereocenters. The third-order valence-electron chi connectivity index (χ3n) is 3.58. The van der Waals surface area contributed by atoms with E-state index in [9.17, 15) is 4.79 Å². The van der Waals surface area contributed by atoms with Crippen molar-refractivity contribution in [3.63, 3.8) is 0 Å². The maximum absolute atomic E-state index is 12.1. The number of ether oxygens (including phenoxy) is 2. The summed E-state index contributed by atoms with van der Waals surface area (Å²) in [6, 6.07) is 5.55. The van der Waals surface area contributed by atoms with E-state index in [0.717, 1.165) is 25.0 Å². The molecule has 1 aromatic carbocycles. The number of hydrogen-bond donors (Lipinski definition) is 1. The molecule has 5 nitrogen and oxygen atoms in total. The quantitative estimate of drug-likeness (QED) is 0.821. The molecule has 120 valence electrons. The summed E-state index contributed by atoms with van der Waals surface area (Å²) in [6.07, 6.45) is 3.93. The fourth-order valence-corrected chi connectivity index (χ4v) is 2.30. The monoisotopic (exact) mass is 304 g/mol. The molecule has 1 saturated heterocycles. The number of likely N-dealkylation sites (N-methyl/N-ethyl adjacent to an activating group) is 1. The van der Waals surface area contributed by atoms with Gasteiger partial charge in [-0.05, 0) is 37.5 Å². The molecule has 2 amide bonds. The molecule has 1 N–H and O–H groups in total. The number of amides is 2. The van der Waals surface area contributed by atoms with Crippen LogP contribution in [0.1, 0.15) is 18.4 Å². The second-order valence-electron chi connectivity index (χ2n) is 5.54. The normalized spacial score (nSPS) is 17.1. The van der Waals surface area contributed by atoms with E-state index < -0.39 is 0 Å². The van der Waals surface area contributed by atoms with Crippen LogP contribution in [-0.4, -0.2) is 43.8 Å². The molecule has 0 bridgehead atoms. The molecule has 1 aliphatic rings. The second kappa shape index (κ2) is 7.84. The highest BCUT2D eigenvalue weighted by atomic mass is 16.5. The van der Waals surface area contributed by atoms with Gasteiger partial charge >= 0.3 is 6.03 Å². The average molecular weight is 304 g/mol. The van der Waals surface area contributed by atoms with Gasteiger partial charge in [-0.15, -0.1) is 6.58 Å². The molecule has 0 radical (unpaired) electrons. The van der Waals surface area contributed by atoms with Gasteiger partial charge in [-0.2, -0.15) is 0 Å². The van der Waals surface area contributed by atoms with Crippen molar-refractivity contribution in [3.05, 3.63) is 36.4 Å². The minimum Gasteiger partial charge on any atom is -0.489 e. The van der Waals surface area contributed by atoms with E-state index in [0.29, 0.717) is 24.6 Å². The van der Waals surface area contributed by atoms with Crippen molar-refractivity contribution in [1.82, 2.24) is 4.90 Å². The van der Waals surface area contributed by atoms with Gasteiger partial charge in [-0.1, -0.05) is 12.1 Å². The lowest BCUT2D eigenvalue weighted by Crippen LogP contribution is -2.31. The van der Waals surface area contributed by atoms with Crippen LogP contribution in [0.4, 0.5) is 10.5 Å². The molecule has 0 spiro atoms. The maximum atomic E-state index is 12.1. The highest BCUT2D eigenvalue weighted by Gasteiger charge is 2.17. The number of hydrogen-bond acceptors (Lipinski definition) is 3. The van der Waals surface area contributed by atoms with Crippen LogP contribution in [0.25, 0.3) is 0 Å². The van der Waals surface area contributed by atoms with Crippen molar-refractivity contribution >= 4 is 11.7 Å². The van der Waals surface area contributed by atoms with Gasteiger partial charge in [0.2, 0.25) is 0 Å². The zero-order valence-corrected chi connectivity index (χ0v) is 13.3. The first-order chi connectivity index (χ1) is 10.6. The summed E-state index contributed by atoms with van der Waals surface area (Å²) in [6.45, 7) is 7.43. The topological polar surface area (TPSA) is 50.8 Å². The van der Waals surface area contributed by atoms with Crippen LogP contribution >= 0.6 is 0 Å². The molecule has 1 aromatic rings. The minimum atomic E-state index is -0.189. The SMILES string of the molecule is C=CCN(C)C(=O)Nc1ccc(C)cc1OC[C@@H]1CCCO1. The maximum Gasteiger partial charge on any atom is 0.321 e. The highest BCUT2D eigenvalue weighted by Crippen LogP contribution is 2.27. The Labute approximate surface area is 131 Å². The summed E-state index contributed by atoms with van der Waals surface area (Å²) in [7, 11) is 1.72. The predicted molar refractivity (Wildman–Crippen MR) is 87.5 cm³/mol. The number of carbonyl (C=O) groups is 1. The van der Waals surface area contributed by atoms with Crippen molar-refractivity contribution in [3.8, 4) is 5.75 Å².